The zero-order valence-corrected chi connectivity index (χ0v) is 12.8. The summed E-state index contributed by atoms with van der Waals surface area (Å²) in [5.74, 6) is 0. The van der Waals surface area contributed by atoms with Crippen molar-refractivity contribution in [2.45, 2.75) is 39.7 Å². The molecule has 0 fully saturated rings. The molecule has 2 rings (SSSR count). The molecule has 1 N–H and O–H groups in total. The summed E-state index contributed by atoms with van der Waals surface area (Å²) < 4.78 is 0. The first-order valence-electron chi connectivity index (χ1n) is 7.09. The van der Waals surface area contributed by atoms with Crippen molar-refractivity contribution in [1.29, 1.82) is 0 Å². The van der Waals surface area contributed by atoms with Crippen molar-refractivity contribution in [3.63, 3.8) is 0 Å². The van der Waals surface area contributed by atoms with E-state index in [1.807, 2.05) is 11.3 Å². The van der Waals surface area contributed by atoms with Gasteiger partial charge in [-0.2, -0.15) is 0 Å². The van der Waals surface area contributed by atoms with Crippen molar-refractivity contribution < 1.29 is 0 Å². The fourth-order valence-electron chi connectivity index (χ4n) is 3.24. The van der Waals surface area contributed by atoms with Crippen LogP contribution in [0, 0.1) is 5.41 Å². The monoisotopic (exact) mass is 266 g/mol. The lowest BCUT2D eigenvalue weighted by Gasteiger charge is -2.37. The van der Waals surface area contributed by atoms with E-state index < -0.39 is 0 Å². The van der Waals surface area contributed by atoms with Crippen molar-refractivity contribution >= 4 is 11.3 Å². The second-order valence-electron chi connectivity index (χ2n) is 5.92. The van der Waals surface area contributed by atoms with Gasteiger partial charge in [0.05, 0.1) is 0 Å². The molecule has 3 heteroatoms. The molecule has 102 valence electrons. The van der Waals surface area contributed by atoms with Crippen LogP contribution in [0.3, 0.4) is 0 Å². The molecule has 0 saturated heterocycles. The highest BCUT2D eigenvalue weighted by Gasteiger charge is 2.27. The SMILES string of the molecule is CCCC(C)(CNC)CN1CCc2sccc2C1. The summed E-state index contributed by atoms with van der Waals surface area (Å²) >= 11 is 1.93. The Balaban J connectivity index is 1.96. The smallest absolute Gasteiger partial charge is 0.0245 e. The molecule has 0 bridgehead atoms. The Labute approximate surface area is 115 Å². The number of hydrogen-bond donors (Lipinski definition) is 1. The predicted octanol–water partition coefficient (Wildman–Crippen LogP) is 3.13. The first-order valence-corrected chi connectivity index (χ1v) is 7.97. The van der Waals surface area contributed by atoms with Crippen LogP contribution in [0.4, 0.5) is 0 Å². The van der Waals surface area contributed by atoms with Crippen LogP contribution in [-0.2, 0) is 13.0 Å². The third-order valence-electron chi connectivity index (χ3n) is 3.95. The number of hydrogen-bond acceptors (Lipinski definition) is 3. The van der Waals surface area contributed by atoms with E-state index in [1.54, 1.807) is 10.4 Å². The minimum Gasteiger partial charge on any atom is -0.319 e. The standard InChI is InChI=1S/C15H26N2S/c1-4-7-15(2,11-16-3)12-17-8-5-14-13(10-17)6-9-18-14/h6,9,16H,4-5,7-8,10-12H2,1-3H3. The molecule has 1 unspecified atom stereocenters. The van der Waals surface area contributed by atoms with Crippen LogP contribution in [0.2, 0.25) is 0 Å². The van der Waals surface area contributed by atoms with Crippen LogP contribution in [0.25, 0.3) is 0 Å². The molecule has 0 saturated carbocycles. The van der Waals surface area contributed by atoms with Crippen LogP contribution < -0.4 is 5.32 Å². The molecule has 1 atom stereocenters. The highest BCUT2D eigenvalue weighted by atomic mass is 32.1. The molecule has 0 spiro atoms. The molecular weight excluding hydrogens is 240 g/mol. The van der Waals surface area contributed by atoms with Gasteiger partial charge in [-0.3, -0.25) is 4.90 Å². The Morgan fingerprint density at radius 3 is 3.06 bits per heavy atom. The molecule has 2 heterocycles. The van der Waals surface area contributed by atoms with Crippen molar-refractivity contribution in [2.24, 2.45) is 5.41 Å². The van der Waals surface area contributed by atoms with Gasteiger partial charge in [-0.1, -0.05) is 20.3 Å². The number of thiophene rings is 1. The lowest BCUT2D eigenvalue weighted by molar-refractivity contribution is 0.141. The fourth-order valence-corrected chi connectivity index (χ4v) is 4.13. The third-order valence-corrected chi connectivity index (χ3v) is 4.97. The van der Waals surface area contributed by atoms with E-state index in [9.17, 15) is 0 Å². The van der Waals surface area contributed by atoms with Gasteiger partial charge in [0.25, 0.3) is 0 Å². The summed E-state index contributed by atoms with van der Waals surface area (Å²) in [6.45, 7) is 9.44. The van der Waals surface area contributed by atoms with Crippen molar-refractivity contribution in [3.8, 4) is 0 Å². The number of nitrogens with zero attached hydrogens (tertiary/aromatic N) is 1. The largest absolute Gasteiger partial charge is 0.319 e. The average Bonchev–Trinajstić information content (AvgIpc) is 2.76. The van der Waals surface area contributed by atoms with E-state index in [0.717, 1.165) is 13.1 Å². The molecule has 1 aromatic rings. The van der Waals surface area contributed by atoms with Gasteiger partial charge in [-0.25, -0.2) is 0 Å². The van der Waals surface area contributed by atoms with E-state index in [4.69, 9.17) is 0 Å². The van der Waals surface area contributed by atoms with E-state index in [0.29, 0.717) is 5.41 Å². The van der Waals surface area contributed by atoms with Gasteiger partial charge in [-0.05, 0) is 42.3 Å². The maximum Gasteiger partial charge on any atom is 0.0245 e. The van der Waals surface area contributed by atoms with E-state index >= 15 is 0 Å². The highest BCUT2D eigenvalue weighted by molar-refractivity contribution is 7.10. The zero-order chi connectivity index (χ0) is 13.0. The lowest BCUT2D eigenvalue weighted by atomic mass is 9.84. The predicted molar refractivity (Wildman–Crippen MR) is 80.2 cm³/mol. The van der Waals surface area contributed by atoms with Gasteiger partial charge >= 0.3 is 0 Å². The van der Waals surface area contributed by atoms with Crippen LogP contribution in [0.1, 0.15) is 37.1 Å². The molecule has 18 heavy (non-hydrogen) atoms. The second-order valence-corrected chi connectivity index (χ2v) is 6.92. The van der Waals surface area contributed by atoms with Crippen LogP contribution >= 0.6 is 11.3 Å². The lowest BCUT2D eigenvalue weighted by Crippen LogP contribution is -2.43. The fraction of sp³-hybridized carbons (Fsp3) is 0.733. The Kier molecular flexibility index (Phi) is 4.82. The van der Waals surface area contributed by atoms with E-state index in [-0.39, 0.29) is 0 Å². The van der Waals surface area contributed by atoms with Crippen molar-refractivity contribution in [1.82, 2.24) is 10.2 Å². The van der Waals surface area contributed by atoms with Crippen LogP contribution in [0.15, 0.2) is 11.4 Å². The molecule has 0 aliphatic carbocycles. The van der Waals surface area contributed by atoms with Crippen LogP contribution in [-0.4, -0.2) is 31.6 Å². The maximum absolute atomic E-state index is 3.37. The zero-order valence-electron chi connectivity index (χ0n) is 12.0. The van der Waals surface area contributed by atoms with Gasteiger partial charge in [-0.15, -0.1) is 11.3 Å². The van der Waals surface area contributed by atoms with Gasteiger partial charge in [0.2, 0.25) is 0 Å². The number of rotatable bonds is 6. The van der Waals surface area contributed by atoms with Crippen molar-refractivity contribution in [3.05, 3.63) is 21.9 Å². The summed E-state index contributed by atoms with van der Waals surface area (Å²) in [5, 5.41) is 5.62. The number of fused-ring (bicyclic) bond motifs is 1. The molecule has 0 amide bonds. The molecule has 1 aliphatic heterocycles. The molecule has 2 nitrogen and oxygen atoms in total. The quantitative estimate of drug-likeness (QED) is 0.851. The molecule has 1 aliphatic rings. The summed E-state index contributed by atoms with van der Waals surface area (Å²) in [5.41, 5.74) is 1.98. The van der Waals surface area contributed by atoms with Gasteiger partial charge in [0.1, 0.15) is 0 Å². The molecule has 0 radical (unpaired) electrons. The Morgan fingerprint density at radius 2 is 2.33 bits per heavy atom. The first-order chi connectivity index (χ1) is 8.67. The third kappa shape index (κ3) is 3.34. The average molecular weight is 266 g/mol. The van der Waals surface area contributed by atoms with Crippen molar-refractivity contribution in [2.75, 3.05) is 26.7 Å². The second kappa shape index (κ2) is 6.18. The Hall–Kier alpha value is -0.380. The maximum atomic E-state index is 3.37. The van der Waals surface area contributed by atoms with Crippen LogP contribution in [0.5, 0.6) is 0 Å². The minimum atomic E-state index is 0.414. The first kappa shape index (κ1) is 14.0. The van der Waals surface area contributed by atoms with Gasteiger partial charge < -0.3 is 5.32 Å². The topological polar surface area (TPSA) is 15.3 Å². The summed E-state index contributed by atoms with van der Waals surface area (Å²) in [7, 11) is 2.07. The summed E-state index contributed by atoms with van der Waals surface area (Å²) in [4.78, 5) is 4.25. The molecular formula is C15H26N2S. The molecule has 0 aromatic carbocycles. The van der Waals surface area contributed by atoms with Gasteiger partial charge in [0.15, 0.2) is 0 Å². The van der Waals surface area contributed by atoms with Gasteiger partial charge in [0, 0.05) is 31.1 Å². The Bertz CT molecular complexity index is 366. The summed E-state index contributed by atoms with van der Waals surface area (Å²) in [6, 6.07) is 2.31. The normalized spacial score (nSPS) is 19.5. The van der Waals surface area contributed by atoms with E-state index in [2.05, 4.69) is 42.6 Å². The Morgan fingerprint density at radius 1 is 1.50 bits per heavy atom. The van der Waals surface area contributed by atoms with E-state index in [1.165, 1.54) is 32.4 Å². The minimum absolute atomic E-state index is 0.414. The summed E-state index contributed by atoms with van der Waals surface area (Å²) in [6.07, 6.45) is 3.82. The highest BCUT2D eigenvalue weighted by Crippen LogP contribution is 2.29. The molecule has 1 aromatic heterocycles. The number of nitrogens with one attached hydrogen (secondary N) is 1.